The van der Waals surface area contributed by atoms with Crippen LogP contribution in [-0.2, 0) is 9.53 Å². The van der Waals surface area contributed by atoms with Gasteiger partial charge in [-0.25, -0.2) is 0 Å². The van der Waals surface area contributed by atoms with Gasteiger partial charge < -0.3 is 19.7 Å². The minimum atomic E-state index is -0.631. The number of carbonyl (C=O) groups excluding carboxylic acids is 1. The Morgan fingerprint density at radius 2 is 1.79 bits per heavy atom. The van der Waals surface area contributed by atoms with Gasteiger partial charge in [0.25, 0.3) is 5.91 Å². The van der Waals surface area contributed by atoms with Crippen LogP contribution in [0.15, 0.2) is 54.6 Å². The molecule has 1 saturated heterocycles. The summed E-state index contributed by atoms with van der Waals surface area (Å²) in [6.07, 6.45) is -0.631. The van der Waals surface area contributed by atoms with E-state index in [9.17, 15) is 4.79 Å². The van der Waals surface area contributed by atoms with Gasteiger partial charge >= 0.3 is 0 Å². The van der Waals surface area contributed by atoms with E-state index < -0.39 is 6.10 Å². The topological polar surface area (TPSA) is 54.0 Å². The summed E-state index contributed by atoms with van der Waals surface area (Å²) in [5.41, 5.74) is 2.00. The van der Waals surface area contributed by atoms with Gasteiger partial charge in [0.15, 0.2) is 12.9 Å². The zero-order chi connectivity index (χ0) is 19.3. The highest BCUT2D eigenvalue weighted by molar-refractivity contribution is 5.83. The van der Waals surface area contributed by atoms with Crippen molar-refractivity contribution in [2.45, 2.75) is 12.1 Å². The molecule has 0 aliphatic carbocycles. The Morgan fingerprint density at radius 3 is 2.57 bits per heavy atom. The molecule has 2 aliphatic rings. The average molecular weight is 381 g/mol. The van der Waals surface area contributed by atoms with Crippen LogP contribution in [0, 0.1) is 0 Å². The van der Waals surface area contributed by atoms with Crippen molar-refractivity contribution in [3.63, 3.8) is 0 Å². The average Bonchev–Trinajstić information content (AvgIpc) is 2.75. The van der Waals surface area contributed by atoms with E-state index in [4.69, 9.17) is 9.47 Å². The number of rotatable bonds is 5. The first-order valence-electron chi connectivity index (χ1n) is 9.81. The van der Waals surface area contributed by atoms with E-state index in [0.717, 1.165) is 31.7 Å². The van der Waals surface area contributed by atoms with Crippen molar-refractivity contribution >= 4 is 5.91 Å². The maximum absolute atomic E-state index is 12.9. The van der Waals surface area contributed by atoms with Crippen LogP contribution in [0.25, 0.3) is 0 Å². The summed E-state index contributed by atoms with van der Waals surface area (Å²) in [7, 11) is 2.15. The molecule has 28 heavy (non-hydrogen) atoms. The van der Waals surface area contributed by atoms with Gasteiger partial charge in [0, 0.05) is 38.3 Å². The number of nitrogens with zero attached hydrogens (tertiary/aromatic N) is 2. The summed E-state index contributed by atoms with van der Waals surface area (Å²) in [5, 5.41) is 3.13. The third kappa shape index (κ3) is 4.19. The number of fused-ring (bicyclic) bond motifs is 1. The molecule has 1 N–H and O–H groups in total. The molecule has 6 nitrogen and oxygen atoms in total. The predicted molar refractivity (Wildman–Crippen MR) is 107 cm³/mol. The number of likely N-dealkylation sites (N-methyl/N-ethyl adjacent to an activating group) is 1. The number of para-hydroxylation sites is 1. The first-order chi connectivity index (χ1) is 13.7. The third-order valence-corrected chi connectivity index (χ3v) is 5.52. The van der Waals surface area contributed by atoms with Crippen molar-refractivity contribution in [2.75, 3.05) is 46.6 Å². The molecular weight excluding hydrogens is 354 g/mol. The van der Waals surface area contributed by atoms with Crippen LogP contribution >= 0.6 is 0 Å². The number of nitrogens with one attached hydrogen (secondary N) is 1. The number of hydrogen-bond acceptors (Lipinski definition) is 5. The Kier molecular flexibility index (Phi) is 5.90. The molecule has 0 saturated carbocycles. The van der Waals surface area contributed by atoms with Crippen molar-refractivity contribution < 1.29 is 14.3 Å². The standard InChI is InChI=1S/C22H27N3O3/c1-24-11-13-25(14-12-24)19(17-7-3-2-4-8-17)15-23-22(26)21-18-9-5-6-10-20(18)27-16-28-21/h2-10,19,21H,11-16H2,1H3,(H,23,26)/t19-,21-/m0/s1. The molecular formula is C22H27N3O3. The molecule has 0 aromatic heterocycles. The Labute approximate surface area is 166 Å². The van der Waals surface area contributed by atoms with Gasteiger partial charge in [0.2, 0.25) is 0 Å². The van der Waals surface area contributed by atoms with Gasteiger partial charge in [-0.1, -0.05) is 48.5 Å². The highest BCUT2D eigenvalue weighted by atomic mass is 16.7. The third-order valence-electron chi connectivity index (χ3n) is 5.52. The SMILES string of the molecule is CN1CCN([C@@H](CNC(=O)[C@H]2OCOc3ccccc32)c2ccccc2)CC1. The van der Waals surface area contributed by atoms with E-state index in [1.165, 1.54) is 5.56 Å². The van der Waals surface area contributed by atoms with Gasteiger partial charge in [0.1, 0.15) is 5.75 Å². The minimum Gasteiger partial charge on any atom is -0.467 e. The van der Waals surface area contributed by atoms with Crippen molar-refractivity contribution in [3.8, 4) is 5.75 Å². The van der Waals surface area contributed by atoms with E-state index in [2.05, 4.69) is 46.4 Å². The first-order valence-corrected chi connectivity index (χ1v) is 9.81. The van der Waals surface area contributed by atoms with E-state index in [1.54, 1.807) is 0 Å². The number of hydrogen-bond donors (Lipinski definition) is 1. The maximum atomic E-state index is 12.9. The molecule has 1 fully saturated rings. The normalized spacial score (nSPS) is 21.4. The van der Waals surface area contributed by atoms with Gasteiger partial charge in [-0.2, -0.15) is 0 Å². The minimum absolute atomic E-state index is 0.0929. The van der Waals surface area contributed by atoms with Crippen LogP contribution in [0.4, 0.5) is 0 Å². The number of ether oxygens (including phenoxy) is 2. The molecule has 0 spiro atoms. The number of benzene rings is 2. The Bertz CT molecular complexity index is 791. The fourth-order valence-electron chi connectivity index (χ4n) is 3.86. The van der Waals surface area contributed by atoms with E-state index in [0.29, 0.717) is 12.3 Å². The van der Waals surface area contributed by atoms with Gasteiger partial charge in [-0.15, -0.1) is 0 Å². The molecule has 1 amide bonds. The van der Waals surface area contributed by atoms with Gasteiger partial charge in [-0.05, 0) is 18.7 Å². The fourth-order valence-corrected chi connectivity index (χ4v) is 3.86. The molecule has 4 rings (SSSR count). The van der Waals surface area contributed by atoms with E-state index >= 15 is 0 Å². The molecule has 2 heterocycles. The largest absolute Gasteiger partial charge is 0.467 e. The summed E-state index contributed by atoms with van der Waals surface area (Å²) in [5.74, 6) is 0.596. The van der Waals surface area contributed by atoms with Crippen LogP contribution in [0.2, 0.25) is 0 Å². The highest BCUT2D eigenvalue weighted by Gasteiger charge is 2.30. The van der Waals surface area contributed by atoms with Crippen molar-refractivity contribution in [1.82, 2.24) is 15.1 Å². The van der Waals surface area contributed by atoms with Crippen LogP contribution in [0.5, 0.6) is 5.75 Å². The van der Waals surface area contributed by atoms with Crippen LogP contribution in [0.1, 0.15) is 23.3 Å². The molecule has 2 aromatic carbocycles. The highest BCUT2D eigenvalue weighted by Crippen LogP contribution is 2.32. The Morgan fingerprint density at radius 1 is 1.07 bits per heavy atom. The molecule has 6 heteroatoms. The summed E-state index contributed by atoms with van der Waals surface area (Å²) < 4.78 is 11.1. The number of piperazine rings is 1. The van der Waals surface area contributed by atoms with Crippen LogP contribution in [0.3, 0.4) is 0 Å². The second kappa shape index (κ2) is 8.73. The molecule has 0 bridgehead atoms. The maximum Gasteiger partial charge on any atom is 0.254 e. The zero-order valence-corrected chi connectivity index (χ0v) is 16.2. The lowest BCUT2D eigenvalue weighted by atomic mass is 10.0. The molecule has 2 aromatic rings. The lowest BCUT2D eigenvalue weighted by molar-refractivity contribution is -0.142. The lowest BCUT2D eigenvalue weighted by Crippen LogP contribution is -2.49. The van der Waals surface area contributed by atoms with Crippen LogP contribution < -0.4 is 10.1 Å². The molecule has 0 unspecified atom stereocenters. The number of carbonyl (C=O) groups is 1. The first kappa shape index (κ1) is 18.9. The van der Waals surface area contributed by atoms with E-state index in [-0.39, 0.29) is 18.7 Å². The smallest absolute Gasteiger partial charge is 0.254 e. The molecule has 0 radical (unpaired) electrons. The second-order valence-corrected chi connectivity index (χ2v) is 7.36. The second-order valence-electron chi connectivity index (χ2n) is 7.36. The molecule has 148 valence electrons. The Hall–Kier alpha value is -2.41. The lowest BCUT2D eigenvalue weighted by Gasteiger charge is -2.38. The number of amides is 1. The van der Waals surface area contributed by atoms with Crippen molar-refractivity contribution in [3.05, 3.63) is 65.7 Å². The summed E-state index contributed by atoms with van der Waals surface area (Å²) in [6, 6.07) is 18.1. The summed E-state index contributed by atoms with van der Waals surface area (Å²) in [4.78, 5) is 17.7. The molecule has 2 atom stereocenters. The zero-order valence-electron chi connectivity index (χ0n) is 16.2. The van der Waals surface area contributed by atoms with Gasteiger partial charge in [0.05, 0.1) is 6.04 Å². The van der Waals surface area contributed by atoms with E-state index in [1.807, 2.05) is 30.3 Å². The van der Waals surface area contributed by atoms with Crippen molar-refractivity contribution in [2.24, 2.45) is 0 Å². The summed E-state index contributed by atoms with van der Waals surface area (Å²) in [6.45, 7) is 4.69. The summed E-state index contributed by atoms with van der Waals surface area (Å²) >= 11 is 0. The van der Waals surface area contributed by atoms with Gasteiger partial charge in [-0.3, -0.25) is 9.69 Å². The predicted octanol–water partition coefficient (Wildman–Crippen LogP) is 2.20. The quantitative estimate of drug-likeness (QED) is 0.861. The Balaban J connectivity index is 1.46. The molecule has 2 aliphatic heterocycles. The van der Waals surface area contributed by atoms with Crippen LogP contribution in [-0.4, -0.2) is 62.3 Å². The monoisotopic (exact) mass is 381 g/mol. The van der Waals surface area contributed by atoms with Crippen molar-refractivity contribution in [1.29, 1.82) is 0 Å². The fraction of sp³-hybridized carbons (Fsp3) is 0.409.